The molecule has 0 amide bonds. The zero-order chi connectivity index (χ0) is 30.6. The summed E-state index contributed by atoms with van der Waals surface area (Å²) in [6.07, 6.45) is 9.04. The largest absolute Gasteiger partial charge is 0.376 e. The fourth-order valence-electron chi connectivity index (χ4n) is 7.00. The summed E-state index contributed by atoms with van der Waals surface area (Å²) in [5, 5.41) is 4.95. The number of nitroso groups, excluding NO2 is 1. The zero-order valence-corrected chi connectivity index (χ0v) is 27.1. The van der Waals surface area contributed by atoms with Crippen molar-refractivity contribution >= 4 is 5.69 Å². The van der Waals surface area contributed by atoms with Crippen LogP contribution in [0.4, 0.5) is 10.1 Å². The summed E-state index contributed by atoms with van der Waals surface area (Å²) in [7, 11) is 1.64. The molecule has 3 heterocycles. The van der Waals surface area contributed by atoms with Crippen LogP contribution in [0.15, 0.2) is 41.3 Å². The van der Waals surface area contributed by atoms with Gasteiger partial charge in [-0.05, 0) is 76.5 Å². The minimum absolute atomic E-state index is 0.104. The number of rotatable bonds is 13. The molecule has 42 heavy (non-hydrogen) atoms. The predicted molar refractivity (Wildman–Crippen MR) is 170 cm³/mol. The first kappa shape index (κ1) is 34.3. The van der Waals surface area contributed by atoms with Crippen molar-refractivity contribution in [2.24, 2.45) is 17.1 Å². The van der Waals surface area contributed by atoms with Gasteiger partial charge in [0.05, 0.1) is 30.3 Å². The molecule has 0 bridgehead atoms. The van der Waals surface area contributed by atoms with Crippen LogP contribution in [0.2, 0.25) is 0 Å². The molecule has 0 spiro atoms. The number of anilines is 1. The number of halogens is 1. The Labute approximate surface area is 253 Å². The first-order chi connectivity index (χ1) is 20.3. The summed E-state index contributed by atoms with van der Waals surface area (Å²) in [6.45, 7) is 16.6. The molecule has 3 fully saturated rings. The highest BCUT2D eigenvalue weighted by Crippen LogP contribution is 2.33. The van der Waals surface area contributed by atoms with Crippen molar-refractivity contribution in [3.05, 3.63) is 46.5 Å². The Morgan fingerprint density at radius 1 is 1.19 bits per heavy atom. The van der Waals surface area contributed by atoms with Crippen LogP contribution in [0.3, 0.4) is 0 Å². The number of methoxy groups -OCH3 is 1. The molecule has 4 rings (SSSR count). The molecule has 3 aliphatic heterocycles. The summed E-state index contributed by atoms with van der Waals surface area (Å²) in [5.74, 6) is 0.667. The van der Waals surface area contributed by atoms with Gasteiger partial charge in [0.15, 0.2) is 0 Å². The number of likely N-dealkylation sites (tertiary alicyclic amines) is 1. The van der Waals surface area contributed by atoms with Crippen LogP contribution >= 0.6 is 0 Å². The Morgan fingerprint density at radius 2 is 1.83 bits per heavy atom. The summed E-state index contributed by atoms with van der Waals surface area (Å²) < 4.78 is 24.0. The number of ether oxygens (including phenoxy) is 2. The minimum atomic E-state index is -0.355. The number of nitrogens with one attached hydrogen (secondary N) is 1. The quantitative estimate of drug-likeness (QED) is 0.196. The van der Waals surface area contributed by atoms with E-state index in [1.54, 1.807) is 7.11 Å². The van der Waals surface area contributed by atoms with E-state index in [-0.39, 0.29) is 36.9 Å². The van der Waals surface area contributed by atoms with Crippen molar-refractivity contribution in [1.29, 1.82) is 0 Å². The van der Waals surface area contributed by atoms with Gasteiger partial charge in [-0.3, -0.25) is 4.39 Å². The Morgan fingerprint density at radius 3 is 2.33 bits per heavy atom. The Hall–Kier alpha value is -2.23. The van der Waals surface area contributed by atoms with Crippen LogP contribution in [-0.2, 0) is 9.47 Å². The molecule has 0 radical (unpaired) electrons. The normalized spacial score (nSPS) is 27.6. The fourth-order valence-corrected chi connectivity index (χ4v) is 7.00. The number of hydrogen-bond acceptors (Lipinski definition) is 7. The molecule has 1 aromatic rings. The van der Waals surface area contributed by atoms with Crippen molar-refractivity contribution in [3.63, 3.8) is 0 Å². The molecule has 6 unspecified atom stereocenters. The lowest BCUT2D eigenvalue weighted by atomic mass is 9.87. The summed E-state index contributed by atoms with van der Waals surface area (Å²) in [5.41, 5.74) is 6.39. The molecule has 0 aliphatic carbocycles. The number of nitrogens with zero attached hydrogens (tertiary/aromatic N) is 4. The SMILES string of the molecule is C/C=C(/CCN(NN=O)C1CC(C)OC(C)C1)N1CC(C)C1CC.COC(c1ccc(N2CCCC2)cc1)C(C)CF. The van der Waals surface area contributed by atoms with Gasteiger partial charge in [-0.25, -0.2) is 10.5 Å². The van der Waals surface area contributed by atoms with E-state index in [2.05, 4.69) is 85.6 Å². The van der Waals surface area contributed by atoms with E-state index >= 15 is 0 Å². The molecule has 238 valence electrons. The third-order valence-electron chi connectivity index (χ3n) is 9.26. The number of alkyl halides is 1. The van der Waals surface area contributed by atoms with Crippen LogP contribution in [0.5, 0.6) is 0 Å². The van der Waals surface area contributed by atoms with E-state index in [1.807, 2.05) is 11.9 Å². The third kappa shape index (κ3) is 9.13. The standard InChI is InChI=1S/C18H34N4O2.C15H22FNO/c1-6-16(21-12-13(3)18(21)7-2)8-9-22(19-20-23)17-10-14(4)24-15(5)11-17;1-12(11-16)15(18-2)13-5-7-14(8-6-13)17-9-3-4-10-17/h6,13-15,17-18H,7-12H2,1-5H3,(H,19,23);5-8,12,15H,3-4,9-11H2,1-2H3/b16-6-;. The maximum absolute atomic E-state index is 12.7. The Bertz CT molecular complexity index is 948. The molecule has 3 aliphatic rings. The fraction of sp³-hybridized carbons (Fsp3) is 0.758. The Balaban J connectivity index is 0.000000240. The highest BCUT2D eigenvalue weighted by Gasteiger charge is 2.35. The second kappa shape index (κ2) is 17.2. The van der Waals surface area contributed by atoms with Crippen molar-refractivity contribution in [3.8, 4) is 0 Å². The molecule has 3 saturated heterocycles. The van der Waals surface area contributed by atoms with Crippen LogP contribution in [0.1, 0.15) is 91.7 Å². The minimum Gasteiger partial charge on any atom is -0.376 e. The van der Waals surface area contributed by atoms with E-state index in [1.165, 1.54) is 30.6 Å². The van der Waals surface area contributed by atoms with Crippen LogP contribution in [0.25, 0.3) is 0 Å². The van der Waals surface area contributed by atoms with Gasteiger partial charge in [0.25, 0.3) is 0 Å². The van der Waals surface area contributed by atoms with Crippen molar-refractivity contribution in [2.45, 2.75) is 110 Å². The number of hydrogen-bond donors (Lipinski definition) is 1. The smallest absolute Gasteiger partial charge is 0.0948 e. The summed E-state index contributed by atoms with van der Waals surface area (Å²) >= 11 is 0. The second-order valence-corrected chi connectivity index (χ2v) is 12.5. The molecule has 9 heteroatoms. The Kier molecular flexibility index (Phi) is 14.0. The summed E-state index contributed by atoms with van der Waals surface area (Å²) in [4.78, 5) is 15.7. The molecule has 1 N–H and O–H groups in total. The maximum Gasteiger partial charge on any atom is 0.0948 e. The van der Waals surface area contributed by atoms with Gasteiger partial charge in [-0.15, -0.1) is 4.91 Å². The van der Waals surface area contributed by atoms with Gasteiger partial charge < -0.3 is 19.3 Å². The van der Waals surface area contributed by atoms with Crippen molar-refractivity contribution in [2.75, 3.05) is 44.9 Å². The van der Waals surface area contributed by atoms with E-state index in [4.69, 9.17) is 9.47 Å². The van der Waals surface area contributed by atoms with Crippen LogP contribution < -0.4 is 10.4 Å². The highest BCUT2D eigenvalue weighted by molar-refractivity contribution is 5.48. The van der Waals surface area contributed by atoms with E-state index in [0.29, 0.717) is 6.04 Å². The molecule has 8 nitrogen and oxygen atoms in total. The first-order valence-electron chi connectivity index (χ1n) is 16.1. The number of allylic oxidation sites excluding steroid dienone is 1. The lowest BCUT2D eigenvalue weighted by molar-refractivity contribution is -0.0751. The molecule has 0 aromatic heterocycles. The lowest BCUT2D eigenvalue weighted by Gasteiger charge is -2.50. The lowest BCUT2D eigenvalue weighted by Crippen LogP contribution is -2.54. The van der Waals surface area contributed by atoms with E-state index in [0.717, 1.165) is 56.9 Å². The molecule has 6 atom stereocenters. The second-order valence-electron chi connectivity index (χ2n) is 12.5. The van der Waals surface area contributed by atoms with Crippen LogP contribution in [0, 0.1) is 16.7 Å². The average molecular weight is 590 g/mol. The van der Waals surface area contributed by atoms with Gasteiger partial charge >= 0.3 is 0 Å². The third-order valence-corrected chi connectivity index (χ3v) is 9.26. The van der Waals surface area contributed by atoms with E-state index < -0.39 is 0 Å². The van der Waals surface area contributed by atoms with Crippen molar-refractivity contribution < 1.29 is 13.9 Å². The predicted octanol–water partition coefficient (Wildman–Crippen LogP) is 7.03. The van der Waals surface area contributed by atoms with Crippen molar-refractivity contribution in [1.82, 2.24) is 15.4 Å². The number of hydrazine groups is 1. The van der Waals surface area contributed by atoms with E-state index in [9.17, 15) is 9.30 Å². The maximum atomic E-state index is 12.7. The summed E-state index contributed by atoms with van der Waals surface area (Å²) in [6, 6.07) is 9.32. The van der Waals surface area contributed by atoms with Gasteiger partial charge in [-0.1, -0.05) is 39.0 Å². The monoisotopic (exact) mass is 589 g/mol. The zero-order valence-electron chi connectivity index (χ0n) is 27.1. The molecule has 1 aromatic carbocycles. The van der Waals surface area contributed by atoms with Gasteiger partial charge in [0.1, 0.15) is 0 Å². The van der Waals surface area contributed by atoms with Crippen LogP contribution in [-0.4, -0.2) is 74.2 Å². The van der Waals surface area contributed by atoms with Gasteiger partial charge in [0.2, 0.25) is 0 Å². The number of benzene rings is 1. The van der Waals surface area contributed by atoms with Gasteiger partial charge in [-0.2, -0.15) is 0 Å². The molecular formula is C33H56FN5O3. The first-order valence-corrected chi connectivity index (χ1v) is 16.1. The highest BCUT2D eigenvalue weighted by atomic mass is 19.1. The topological polar surface area (TPSA) is 69.6 Å². The average Bonchev–Trinajstić information content (AvgIpc) is 3.52. The van der Waals surface area contributed by atoms with Gasteiger partial charge in [0, 0.05) is 69.1 Å². The molecule has 0 saturated carbocycles. The molecular weight excluding hydrogens is 533 g/mol.